The Morgan fingerprint density at radius 1 is 1.43 bits per heavy atom. The van der Waals surface area contributed by atoms with Crippen molar-refractivity contribution in [3.05, 3.63) is 29.7 Å². The second-order valence-electron chi connectivity index (χ2n) is 5.65. The Morgan fingerprint density at radius 3 is 2.86 bits per heavy atom. The van der Waals surface area contributed by atoms with Gasteiger partial charge in [0.15, 0.2) is 11.5 Å². The van der Waals surface area contributed by atoms with Crippen LogP contribution < -0.4 is 0 Å². The van der Waals surface area contributed by atoms with Gasteiger partial charge in [-0.05, 0) is 50.0 Å². The molecule has 1 saturated heterocycles. The Bertz CT molecular complexity index is 642. The van der Waals surface area contributed by atoms with Crippen molar-refractivity contribution < 1.29 is 14.3 Å². The summed E-state index contributed by atoms with van der Waals surface area (Å²) in [5, 5.41) is 8.82. The maximum atomic E-state index is 10.7. The molecule has 1 N–H and O–H groups in total. The van der Waals surface area contributed by atoms with Crippen molar-refractivity contribution in [3.8, 4) is 0 Å². The number of piperidine rings is 1. The van der Waals surface area contributed by atoms with Gasteiger partial charge >= 0.3 is 5.97 Å². The van der Waals surface area contributed by atoms with Crippen molar-refractivity contribution in [3.63, 3.8) is 0 Å². The molecule has 0 bridgehead atoms. The SMILES string of the molecule is CCc1ccc2oc(C3CCN(CC(=O)O)CC3)nc2c1. The molecule has 1 fully saturated rings. The van der Waals surface area contributed by atoms with Crippen LogP contribution in [0.3, 0.4) is 0 Å². The van der Waals surface area contributed by atoms with E-state index in [0.29, 0.717) is 5.92 Å². The molecule has 0 aliphatic carbocycles. The predicted molar refractivity (Wildman–Crippen MR) is 79.4 cm³/mol. The lowest BCUT2D eigenvalue weighted by Crippen LogP contribution is -2.36. The van der Waals surface area contributed by atoms with E-state index in [4.69, 9.17) is 9.52 Å². The Kier molecular flexibility index (Phi) is 3.92. The number of hydrogen-bond donors (Lipinski definition) is 1. The van der Waals surface area contributed by atoms with Crippen LogP contribution in [0, 0.1) is 0 Å². The van der Waals surface area contributed by atoms with E-state index in [1.54, 1.807) is 0 Å². The number of hydrogen-bond acceptors (Lipinski definition) is 4. The molecular weight excluding hydrogens is 268 g/mol. The average Bonchev–Trinajstić information content (AvgIpc) is 2.90. The van der Waals surface area contributed by atoms with Crippen LogP contribution in [-0.2, 0) is 11.2 Å². The lowest BCUT2D eigenvalue weighted by molar-refractivity contribution is -0.138. The lowest BCUT2D eigenvalue weighted by atomic mass is 9.97. The third-order valence-electron chi connectivity index (χ3n) is 4.17. The van der Waals surface area contributed by atoms with Gasteiger partial charge in [0, 0.05) is 5.92 Å². The summed E-state index contributed by atoms with van der Waals surface area (Å²) in [4.78, 5) is 17.3. The van der Waals surface area contributed by atoms with Gasteiger partial charge in [0.25, 0.3) is 0 Å². The molecule has 0 atom stereocenters. The molecule has 1 aromatic carbocycles. The van der Waals surface area contributed by atoms with E-state index in [2.05, 4.69) is 24.0 Å². The van der Waals surface area contributed by atoms with E-state index in [1.807, 2.05) is 11.0 Å². The largest absolute Gasteiger partial charge is 0.480 e. The van der Waals surface area contributed by atoms with E-state index in [-0.39, 0.29) is 6.54 Å². The highest BCUT2D eigenvalue weighted by molar-refractivity contribution is 5.73. The zero-order valence-corrected chi connectivity index (χ0v) is 12.2. The van der Waals surface area contributed by atoms with Crippen LogP contribution >= 0.6 is 0 Å². The topological polar surface area (TPSA) is 66.6 Å². The Hall–Kier alpha value is -1.88. The van der Waals surface area contributed by atoms with E-state index in [9.17, 15) is 4.79 Å². The molecule has 1 aromatic heterocycles. The molecule has 2 heterocycles. The number of carboxylic acids is 1. The molecule has 0 unspecified atom stereocenters. The molecule has 3 rings (SSSR count). The number of carboxylic acid groups (broad SMARTS) is 1. The molecule has 2 aromatic rings. The van der Waals surface area contributed by atoms with Crippen molar-refractivity contribution in [2.24, 2.45) is 0 Å². The quantitative estimate of drug-likeness (QED) is 0.937. The van der Waals surface area contributed by atoms with Crippen LogP contribution in [0.25, 0.3) is 11.1 Å². The first-order valence-corrected chi connectivity index (χ1v) is 7.49. The fourth-order valence-corrected chi connectivity index (χ4v) is 2.91. The summed E-state index contributed by atoms with van der Waals surface area (Å²) >= 11 is 0. The average molecular weight is 288 g/mol. The maximum absolute atomic E-state index is 10.7. The van der Waals surface area contributed by atoms with Crippen molar-refractivity contribution in [2.45, 2.75) is 32.1 Å². The van der Waals surface area contributed by atoms with Gasteiger partial charge in [-0.1, -0.05) is 13.0 Å². The highest BCUT2D eigenvalue weighted by Gasteiger charge is 2.25. The fourth-order valence-electron chi connectivity index (χ4n) is 2.91. The molecule has 1 aliphatic heterocycles. The lowest BCUT2D eigenvalue weighted by Gasteiger charge is -2.28. The molecule has 5 heteroatoms. The van der Waals surface area contributed by atoms with Gasteiger partial charge < -0.3 is 9.52 Å². The molecular formula is C16H20N2O3. The number of aromatic nitrogens is 1. The van der Waals surface area contributed by atoms with Gasteiger partial charge in [0.2, 0.25) is 0 Å². The zero-order chi connectivity index (χ0) is 14.8. The number of rotatable bonds is 4. The van der Waals surface area contributed by atoms with E-state index < -0.39 is 5.97 Å². The summed E-state index contributed by atoms with van der Waals surface area (Å²) in [7, 11) is 0. The van der Waals surface area contributed by atoms with Crippen LogP contribution in [0.1, 0.15) is 37.1 Å². The summed E-state index contributed by atoms with van der Waals surface area (Å²) in [5.74, 6) is 0.336. The van der Waals surface area contributed by atoms with Gasteiger partial charge in [-0.3, -0.25) is 9.69 Å². The molecule has 0 spiro atoms. The third-order valence-corrected chi connectivity index (χ3v) is 4.17. The first-order chi connectivity index (χ1) is 10.2. The third kappa shape index (κ3) is 3.08. The summed E-state index contributed by atoms with van der Waals surface area (Å²) in [6.45, 7) is 3.83. The first kappa shape index (κ1) is 14.1. The summed E-state index contributed by atoms with van der Waals surface area (Å²) in [5.41, 5.74) is 3.03. The van der Waals surface area contributed by atoms with Crippen molar-refractivity contribution in [2.75, 3.05) is 19.6 Å². The Morgan fingerprint density at radius 2 is 2.19 bits per heavy atom. The minimum atomic E-state index is -0.762. The Balaban J connectivity index is 1.72. The van der Waals surface area contributed by atoms with Crippen molar-refractivity contribution in [1.29, 1.82) is 0 Å². The molecule has 112 valence electrons. The predicted octanol–water partition coefficient (Wildman–Crippen LogP) is 2.65. The van der Waals surface area contributed by atoms with Gasteiger partial charge in [-0.2, -0.15) is 0 Å². The molecule has 21 heavy (non-hydrogen) atoms. The molecule has 0 amide bonds. The second kappa shape index (κ2) is 5.85. The highest BCUT2D eigenvalue weighted by atomic mass is 16.4. The van der Waals surface area contributed by atoms with Gasteiger partial charge in [0.05, 0.1) is 6.54 Å². The Labute approximate surface area is 123 Å². The number of oxazole rings is 1. The number of aryl methyl sites for hydroxylation is 1. The molecule has 0 saturated carbocycles. The number of benzene rings is 1. The van der Waals surface area contributed by atoms with Crippen LogP contribution in [0.2, 0.25) is 0 Å². The summed E-state index contributed by atoms with van der Waals surface area (Å²) in [6.07, 6.45) is 2.80. The van der Waals surface area contributed by atoms with E-state index in [1.165, 1.54) is 5.56 Å². The fraction of sp³-hybridized carbons (Fsp3) is 0.500. The maximum Gasteiger partial charge on any atom is 0.317 e. The molecule has 1 aliphatic rings. The number of aliphatic carboxylic acids is 1. The summed E-state index contributed by atoms with van der Waals surface area (Å²) in [6, 6.07) is 6.15. The van der Waals surface area contributed by atoms with Crippen LogP contribution in [0.5, 0.6) is 0 Å². The van der Waals surface area contributed by atoms with Gasteiger partial charge in [-0.25, -0.2) is 4.98 Å². The van der Waals surface area contributed by atoms with Crippen molar-refractivity contribution in [1.82, 2.24) is 9.88 Å². The number of nitrogens with zero attached hydrogens (tertiary/aromatic N) is 2. The van der Waals surface area contributed by atoms with E-state index >= 15 is 0 Å². The summed E-state index contributed by atoms with van der Waals surface area (Å²) < 4.78 is 5.88. The second-order valence-corrected chi connectivity index (χ2v) is 5.65. The monoisotopic (exact) mass is 288 g/mol. The number of carbonyl (C=O) groups is 1. The van der Waals surface area contributed by atoms with Crippen LogP contribution in [0.15, 0.2) is 22.6 Å². The van der Waals surface area contributed by atoms with Gasteiger partial charge in [0.1, 0.15) is 5.52 Å². The zero-order valence-electron chi connectivity index (χ0n) is 12.2. The van der Waals surface area contributed by atoms with E-state index in [0.717, 1.165) is 49.3 Å². The van der Waals surface area contributed by atoms with Crippen LogP contribution in [0.4, 0.5) is 0 Å². The molecule has 0 radical (unpaired) electrons. The minimum Gasteiger partial charge on any atom is -0.480 e. The highest BCUT2D eigenvalue weighted by Crippen LogP contribution is 2.30. The van der Waals surface area contributed by atoms with Crippen LogP contribution in [-0.4, -0.2) is 40.6 Å². The minimum absolute atomic E-state index is 0.125. The smallest absolute Gasteiger partial charge is 0.317 e. The van der Waals surface area contributed by atoms with Gasteiger partial charge in [-0.15, -0.1) is 0 Å². The number of likely N-dealkylation sites (tertiary alicyclic amines) is 1. The number of fused-ring (bicyclic) bond motifs is 1. The normalized spacial score (nSPS) is 17.4. The first-order valence-electron chi connectivity index (χ1n) is 7.49. The standard InChI is InChI=1S/C16H20N2O3/c1-2-11-3-4-14-13(9-11)17-16(21-14)12-5-7-18(8-6-12)10-15(19)20/h3-4,9,12H,2,5-8,10H2,1H3,(H,19,20). The molecule has 5 nitrogen and oxygen atoms in total. The van der Waals surface area contributed by atoms with Crippen molar-refractivity contribution >= 4 is 17.1 Å².